The largest absolute Gasteiger partial charge is 0.299 e. The number of likely N-dealkylation sites (tertiary alicyclic amines) is 1. The van der Waals surface area contributed by atoms with Crippen molar-refractivity contribution in [3.8, 4) is 0 Å². The molecule has 20 heavy (non-hydrogen) atoms. The van der Waals surface area contributed by atoms with Gasteiger partial charge in [-0.1, -0.05) is 24.3 Å². The van der Waals surface area contributed by atoms with Gasteiger partial charge in [0.2, 0.25) is 11.8 Å². The Hall–Kier alpha value is -1.71. The summed E-state index contributed by atoms with van der Waals surface area (Å²) < 4.78 is 0. The molecule has 0 aliphatic carbocycles. The van der Waals surface area contributed by atoms with Crippen LogP contribution in [0.3, 0.4) is 0 Å². The number of hydrogen-bond donors (Lipinski definition) is 0. The Morgan fingerprint density at radius 2 is 1.95 bits per heavy atom. The second-order valence-electron chi connectivity index (χ2n) is 5.41. The van der Waals surface area contributed by atoms with Crippen molar-refractivity contribution in [1.29, 1.82) is 0 Å². The molecule has 0 spiro atoms. The lowest BCUT2D eigenvalue weighted by Gasteiger charge is -2.26. The molecule has 1 saturated heterocycles. The van der Waals surface area contributed by atoms with Gasteiger partial charge in [-0.25, -0.2) is 0 Å². The van der Waals surface area contributed by atoms with E-state index in [-0.39, 0.29) is 23.5 Å². The van der Waals surface area contributed by atoms with Crippen molar-refractivity contribution < 1.29 is 14.4 Å². The SMILES string of the molecule is C=C/C(C)=C/CC(=O)CCCC1CC(=O)N(C)C(=O)C1. The lowest BCUT2D eigenvalue weighted by Crippen LogP contribution is -2.40. The number of rotatable bonds is 7. The predicted octanol–water partition coefficient (Wildman–Crippen LogP) is 2.64. The summed E-state index contributed by atoms with van der Waals surface area (Å²) in [5, 5.41) is 0. The summed E-state index contributed by atoms with van der Waals surface area (Å²) in [6, 6.07) is 0. The summed E-state index contributed by atoms with van der Waals surface area (Å²) in [5.74, 6) is 0.0745. The van der Waals surface area contributed by atoms with Gasteiger partial charge in [0.05, 0.1) is 0 Å². The molecule has 4 heteroatoms. The van der Waals surface area contributed by atoms with Crippen molar-refractivity contribution in [2.24, 2.45) is 5.92 Å². The number of amides is 2. The van der Waals surface area contributed by atoms with Crippen LogP contribution in [0.5, 0.6) is 0 Å². The van der Waals surface area contributed by atoms with Gasteiger partial charge >= 0.3 is 0 Å². The highest BCUT2D eigenvalue weighted by Crippen LogP contribution is 2.23. The van der Waals surface area contributed by atoms with Gasteiger partial charge in [0.1, 0.15) is 5.78 Å². The fraction of sp³-hybridized carbons (Fsp3) is 0.562. The van der Waals surface area contributed by atoms with Crippen molar-refractivity contribution in [2.75, 3.05) is 7.05 Å². The molecular formula is C16H23NO3. The van der Waals surface area contributed by atoms with E-state index in [1.165, 1.54) is 11.9 Å². The lowest BCUT2D eigenvalue weighted by molar-refractivity contribution is -0.148. The predicted molar refractivity (Wildman–Crippen MR) is 77.9 cm³/mol. The Morgan fingerprint density at radius 3 is 2.50 bits per heavy atom. The number of Topliss-reactive ketones (excluding diaryl/α,β-unsaturated/α-hetero) is 1. The van der Waals surface area contributed by atoms with Crippen molar-refractivity contribution in [2.45, 2.75) is 45.4 Å². The molecule has 0 aromatic rings. The number of imide groups is 1. The summed E-state index contributed by atoms with van der Waals surface area (Å²) in [6.07, 6.45) is 6.90. The zero-order chi connectivity index (χ0) is 15.1. The van der Waals surface area contributed by atoms with Crippen LogP contribution in [-0.4, -0.2) is 29.5 Å². The molecule has 1 aliphatic heterocycles. The van der Waals surface area contributed by atoms with Crippen LogP contribution >= 0.6 is 0 Å². The molecule has 4 nitrogen and oxygen atoms in total. The third-order valence-corrected chi connectivity index (χ3v) is 3.72. The number of carbonyl (C=O) groups is 3. The summed E-state index contributed by atoms with van der Waals surface area (Å²) in [6.45, 7) is 5.55. The van der Waals surface area contributed by atoms with Gasteiger partial charge in [-0.3, -0.25) is 19.3 Å². The first-order valence-corrected chi connectivity index (χ1v) is 7.04. The van der Waals surface area contributed by atoms with Crippen LogP contribution in [-0.2, 0) is 14.4 Å². The van der Waals surface area contributed by atoms with Gasteiger partial charge < -0.3 is 0 Å². The highest BCUT2D eigenvalue weighted by atomic mass is 16.2. The molecule has 1 fully saturated rings. The molecule has 1 rings (SSSR count). The molecular weight excluding hydrogens is 254 g/mol. The Morgan fingerprint density at radius 1 is 1.35 bits per heavy atom. The van der Waals surface area contributed by atoms with Crippen LogP contribution < -0.4 is 0 Å². The molecule has 110 valence electrons. The average molecular weight is 277 g/mol. The van der Waals surface area contributed by atoms with E-state index < -0.39 is 0 Å². The molecule has 1 heterocycles. The van der Waals surface area contributed by atoms with Crippen LogP contribution in [0.4, 0.5) is 0 Å². The number of allylic oxidation sites excluding steroid dienone is 3. The third-order valence-electron chi connectivity index (χ3n) is 3.72. The minimum atomic E-state index is -0.109. The fourth-order valence-electron chi connectivity index (χ4n) is 2.23. The molecule has 0 bridgehead atoms. The molecule has 0 radical (unpaired) electrons. The van der Waals surface area contributed by atoms with E-state index in [1.807, 2.05) is 13.0 Å². The second kappa shape index (κ2) is 7.78. The smallest absolute Gasteiger partial charge is 0.229 e. The molecule has 0 saturated carbocycles. The van der Waals surface area contributed by atoms with Crippen LogP contribution in [0.2, 0.25) is 0 Å². The maximum atomic E-state index is 11.7. The van der Waals surface area contributed by atoms with Gasteiger partial charge in [-0.15, -0.1) is 0 Å². The van der Waals surface area contributed by atoms with Gasteiger partial charge in [0.25, 0.3) is 0 Å². The molecule has 0 unspecified atom stereocenters. The first-order chi connectivity index (χ1) is 9.43. The number of piperidine rings is 1. The molecule has 0 aromatic carbocycles. The van der Waals surface area contributed by atoms with Crippen LogP contribution in [0.25, 0.3) is 0 Å². The maximum Gasteiger partial charge on any atom is 0.229 e. The first-order valence-electron chi connectivity index (χ1n) is 7.04. The fourth-order valence-corrected chi connectivity index (χ4v) is 2.23. The molecule has 0 aromatic heterocycles. The van der Waals surface area contributed by atoms with E-state index in [1.54, 1.807) is 6.08 Å². The first kappa shape index (κ1) is 16.3. The molecule has 2 amide bonds. The van der Waals surface area contributed by atoms with Crippen LogP contribution in [0.1, 0.15) is 45.4 Å². The van der Waals surface area contributed by atoms with Crippen LogP contribution in [0.15, 0.2) is 24.3 Å². The lowest BCUT2D eigenvalue weighted by atomic mass is 9.90. The monoisotopic (exact) mass is 277 g/mol. The van der Waals surface area contributed by atoms with E-state index >= 15 is 0 Å². The van der Waals surface area contributed by atoms with E-state index in [0.29, 0.717) is 25.7 Å². The maximum absolute atomic E-state index is 11.7. The highest BCUT2D eigenvalue weighted by molar-refractivity contribution is 5.97. The number of carbonyl (C=O) groups excluding carboxylic acids is 3. The summed E-state index contributed by atoms with van der Waals surface area (Å²) >= 11 is 0. The van der Waals surface area contributed by atoms with Gasteiger partial charge in [-0.05, 0) is 25.7 Å². The van der Waals surface area contributed by atoms with Crippen molar-refractivity contribution >= 4 is 17.6 Å². The zero-order valence-electron chi connectivity index (χ0n) is 12.4. The van der Waals surface area contributed by atoms with E-state index in [9.17, 15) is 14.4 Å². The summed E-state index contributed by atoms with van der Waals surface area (Å²) in [7, 11) is 1.53. The highest BCUT2D eigenvalue weighted by Gasteiger charge is 2.29. The van der Waals surface area contributed by atoms with Gasteiger partial charge in [0, 0.05) is 32.7 Å². The minimum Gasteiger partial charge on any atom is -0.299 e. The van der Waals surface area contributed by atoms with Gasteiger partial charge in [-0.2, -0.15) is 0 Å². The molecule has 1 aliphatic rings. The van der Waals surface area contributed by atoms with E-state index in [2.05, 4.69) is 6.58 Å². The second-order valence-corrected chi connectivity index (χ2v) is 5.41. The minimum absolute atomic E-state index is 0.101. The molecule has 0 atom stereocenters. The van der Waals surface area contributed by atoms with Crippen LogP contribution in [0, 0.1) is 5.92 Å². The van der Waals surface area contributed by atoms with Gasteiger partial charge in [0.15, 0.2) is 0 Å². The van der Waals surface area contributed by atoms with Crippen molar-refractivity contribution in [3.05, 3.63) is 24.3 Å². The number of hydrogen-bond acceptors (Lipinski definition) is 3. The van der Waals surface area contributed by atoms with Crippen molar-refractivity contribution in [1.82, 2.24) is 4.90 Å². The van der Waals surface area contributed by atoms with Crippen molar-refractivity contribution in [3.63, 3.8) is 0 Å². The third kappa shape index (κ3) is 5.11. The molecule has 0 N–H and O–H groups in total. The Kier molecular flexibility index (Phi) is 6.36. The Balaban J connectivity index is 2.27. The summed E-state index contributed by atoms with van der Waals surface area (Å²) in [4.78, 5) is 36.0. The number of ketones is 1. The number of nitrogens with zero attached hydrogens (tertiary/aromatic N) is 1. The average Bonchev–Trinajstić information content (AvgIpc) is 2.42. The quantitative estimate of drug-likeness (QED) is 0.531. The normalized spacial score (nSPS) is 17.5. The van der Waals surface area contributed by atoms with E-state index in [0.717, 1.165) is 18.4 Å². The Labute approximate surface area is 120 Å². The van der Waals surface area contributed by atoms with E-state index in [4.69, 9.17) is 0 Å². The zero-order valence-corrected chi connectivity index (χ0v) is 12.4. The topological polar surface area (TPSA) is 54.5 Å². The standard InChI is InChI=1S/C16H23NO3/c1-4-12(2)8-9-14(18)7-5-6-13-10-15(19)17(3)16(20)11-13/h4,8,13H,1,5-7,9-11H2,2-3H3/b12-8+. The summed E-state index contributed by atoms with van der Waals surface area (Å²) in [5.41, 5.74) is 1.00. The Bertz CT molecular complexity index is 419.